The van der Waals surface area contributed by atoms with Gasteiger partial charge in [-0.2, -0.15) is 0 Å². The molecule has 0 radical (unpaired) electrons. The summed E-state index contributed by atoms with van der Waals surface area (Å²) in [7, 11) is 0. The Balaban J connectivity index is 2.14. The average molecular weight is 115 g/mol. The van der Waals surface area contributed by atoms with Crippen LogP contribution in [0.3, 0.4) is 0 Å². The van der Waals surface area contributed by atoms with Gasteiger partial charge in [-0.15, -0.1) is 0 Å². The number of carboxylic acids is 1. The van der Waals surface area contributed by atoms with E-state index in [4.69, 9.17) is 10.8 Å². The first-order valence-corrected chi connectivity index (χ1v) is 2.67. The molecule has 0 aromatic heterocycles. The fraction of sp³-hybridized carbons (Fsp3) is 0.800. The normalized spacial score (nSPS) is 34.6. The van der Waals surface area contributed by atoms with E-state index in [2.05, 4.69) is 0 Å². The third-order valence-electron chi connectivity index (χ3n) is 1.41. The Bertz CT molecular complexity index is 113. The van der Waals surface area contributed by atoms with E-state index in [1.165, 1.54) is 0 Å². The monoisotopic (exact) mass is 115 g/mol. The number of nitrogens with two attached hydrogens (primary N) is 1. The molecule has 0 amide bonds. The van der Waals surface area contributed by atoms with Gasteiger partial charge in [0.15, 0.2) is 0 Å². The van der Waals surface area contributed by atoms with Gasteiger partial charge in [0, 0.05) is 12.5 Å². The van der Waals surface area contributed by atoms with Gasteiger partial charge in [-0.1, -0.05) is 0 Å². The minimum Gasteiger partial charge on any atom is -0.481 e. The molecule has 3 nitrogen and oxygen atoms in total. The van der Waals surface area contributed by atoms with Crippen LogP contribution in [-0.4, -0.2) is 17.1 Å². The predicted molar refractivity (Wildman–Crippen MR) is 28.3 cm³/mol. The summed E-state index contributed by atoms with van der Waals surface area (Å²) in [5.41, 5.74) is 5.35. The molecule has 0 heterocycles. The molecule has 0 spiro atoms. The summed E-state index contributed by atoms with van der Waals surface area (Å²) in [6.07, 6.45) is 1.15. The van der Waals surface area contributed by atoms with Gasteiger partial charge in [-0.25, -0.2) is 0 Å². The first-order chi connectivity index (χ1) is 3.70. The third kappa shape index (κ3) is 1.20. The number of aliphatic carboxylic acids is 1. The van der Waals surface area contributed by atoms with Gasteiger partial charge in [0.25, 0.3) is 0 Å². The summed E-state index contributed by atoms with van der Waals surface area (Å²) >= 11 is 0. The number of carboxylic acid groups (broad SMARTS) is 1. The van der Waals surface area contributed by atoms with Crippen LogP contribution in [0.25, 0.3) is 0 Å². The van der Waals surface area contributed by atoms with Crippen molar-refractivity contribution in [2.45, 2.75) is 18.9 Å². The highest BCUT2D eigenvalue weighted by molar-refractivity contribution is 5.67. The minimum atomic E-state index is -0.733. The van der Waals surface area contributed by atoms with Gasteiger partial charge < -0.3 is 10.8 Å². The minimum absolute atomic E-state index is 0.172. The molecule has 0 aromatic carbocycles. The van der Waals surface area contributed by atoms with E-state index in [9.17, 15) is 4.79 Å². The molecule has 1 aliphatic rings. The molecule has 1 fully saturated rings. The molecule has 3 heteroatoms. The molecule has 46 valence electrons. The van der Waals surface area contributed by atoms with Gasteiger partial charge in [0.1, 0.15) is 0 Å². The van der Waals surface area contributed by atoms with Crippen LogP contribution >= 0.6 is 0 Å². The zero-order valence-corrected chi connectivity index (χ0v) is 4.50. The van der Waals surface area contributed by atoms with Crippen LogP contribution in [0.1, 0.15) is 12.8 Å². The Hall–Kier alpha value is -0.570. The molecule has 8 heavy (non-hydrogen) atoms. The maximum atomic E-state index is 9.94. The number of hydrogen-bond donors (Lipinski definition) is 2. The summed E-state index contributed by atoms with van der Waals surface area (Å²) in [6.45, 7) is 0. The van der Waals surface area contributed by atoms with Gasteiger partial charge in [-0.05, 0) is 12.3 Å². The molecule has 1 aliphatic carbocycles. The topological polar surface area (TPSA) is 63.3 Å². The Kier molecular flexibility index (Phi) is 1.21. The summed E-state index contributed by atoms with van der Waals surface area (Å²) in [5, 5.41) is 8.19. The molecular formula is C5H9NO2. The van der Waals surface area contributed by atoms with Crippen molar-refractivity contribution >= 4 is 5.97 Å². The van der Waals surface area contributed by atoms with Gasteiger partial charge >= 0.3 is 5.97 Å². The van der Waals surface area contributed by atoms with Crippen LogP contribution in [0.5, 0.6) is 0 Å². The highest BCUT2D eigenvalue weighted by Gasteiger charge is 2.34. The van der Waals surface area contributed by atoms with Crippen molar-refractivity contribution in [3.8, 4) is 0 Å². The Morgan fingerprint density at radius 1 is 1.88 bits per heavy atom. The zero-order valence-electron chi connectivity index (χ0n) is 4.50. The second kappa shape index (κ2) is 1.74. The van der Waals surface area contributed by atoms with Crippen LogP contribution < -0.4 is 5.73 Å². The number of carbonyl (C=O) groups is 1. The Morgan fingerprint density at radius 3 is 2.50 bits per heavy atom. The highest BCUT2D eigenvalue weighted by Crippen LogP contribution is 2.30. The predicted octanol–water partition coefficient (Wildman–Crippen LogP) is -0.192. The molecule has 0 unspecified atom stereocenters. The van der Waals surface area contributed by atoms with Gasteiger partial charge in [0.05, 0.1) is 0 Å². The molecule has 0 bridgehead atoms. The summed E-state index contributed by atoms with van der Waals surface area (Å²) in [6, 6.07) is 0.172. The summed E-state index contributed by atoms with van der Waals surface area (Å²) < 4.78 is 0. The molecule has 0 aromatic rings. The second-order valence-electron chi connectivity index (χ2n) is 2.26. The Labute approximate surface area is 47.5 Å². The quantitative estimate of drug-likeness (QED) is 0.524. The fourth-order valence-corrected chi connectivity index (χ4v) is 0.730. The number of hydrogen-bond acceptors (Lipinski definition) is 2. The van der Waals surface area contributed by atoms with Crippen molar-refractivity contribution < 1.29 is 9.90 Å². The molecule has 2 atom stereocenters. The third-order valence-corrected chi connectivity index (χ3v) is 1.41. The largest absolute Gasteiger partial charge is 0.481 e. The standard InChI is InChI=1S/C5H9NO2/c6-4-1-3(4)2-5(7)8/h3-4H,1-2,6H2,(H,7,8)/t3-,4-/m0/s1. The lowest BCUT2D eigenvalue weighted by Gasteiger charge is -1.86. The first kappa shape index (κ1) is 5.56. The average Bonchev–Trinajstić information content (AvgIpc) is 2.17. The maximum Gasteiger partial charge on any atom is 0.303 e. The van der Waals surface area contributed by atoms with E-state index in [1.54, 1.807) is 0 Å². The van der Waals surface area contributed by atoms with Crippen LogP contribution in [0, 0.1) is 5.92 Å². The van der Waals surface area contributed by atoms with E-state index < -0.39 is 5.97 Å². The Morgan fingerprint density at radius 2 is 2.38 bits per heavy atom. The van der Waals surface area contributed by atoms with E-state index >= 15 is 0 Å². The van der Waals surface area contributed by atoms with E-state index in [1.807, 2.05) is 0 Å². The van der Waals surface area contributed by atoms with E-state index in [0.29, 0.717) is 0 Å². The molecule has 0 saturated heterocycles. The lowest BCUT2D eigenvalue weighted by atomic mass is 10.3. The van der Waals surface area contributed by atoms with Crippen molar-refractivity contribution in [1.82, 2.24) is 0 Å². The van der Waals surface area contributed by atoms with Crippen molar-refractivity contribution in [3.05, 3.63) is 0 Å². The number of rotatable bonds is 2. The van der Waals surface area contributed by atoms with Crippen molar-refractivity contribution in [2.24, 2.45) is 11.7 Å². The zero-order chi connectivity index (χ0) is 6.15. The first-order valence-electron chi connectivity index (χ1n) is 2.67. The lowest BCUT2D eigenvalue weighted by molar-refractivity contribution is -0.137. The highest BCUT2D eigenvalue weighted by atomic mass is 16.4. The fourth-order valence-electron chi connectivity index (χ4n) is 0.730. The summed E-state index contributed by atoms with van der Waals surface area (Å²) in [5.74, 6) is -0.463. The molecule has 1 rings (SSSR count). The lowest BCUT2D eigenvalue weighted by Crippen LogP contribution is -2.05. The smallest absolute Gasteiger partial charge is 0.303 e. The van der Waals surface area contributed by atoms with Crippen LogP contribution in [0.2, 0.25) is 0 Å². The second-order valence-corrected chi connectivity index (χ2v) is 2.26. The van der Waals surface area contributed by atoms with Crippen molar-refractivity contribution in [3.63, 3.8) is 0 Å². The van der Waals surface area contributed by atoms with Crippen LogP contribution in [-0.2, 0) is 4.79 Å². The van der Waals surface area contributed by atoms with Crippen LogP contribution in [0.15, 0.2) is 0 Å². The molecule has 1 saturated carbocycles. The van der Waals surface area contributed by atoms with Gasteiger partial charge in [0.2, 0.25) is 0 Å². The molecular weight excluding hydrogens is 106 g/mol. The van der Waals surface area contributed by atoms with E-state index in [-0.39, 0.29) is 18.4 Å². The SMILES string of the molecule is N[C@H]1C[C@H]1CC(=O)O. The van der Waals surface area contributed by atoms with Crippen molar-refractivity contribution in [2.75, 3.05) is 0 Å². The van der Waals surface area contributed by atoms with Crippen molar-refractivity contribution in [1.29, 1.82) is 0 Å². The van der Waals surface area contributed by atoms with Crippen LogP contribution in [0.4, 0.5) is 0 Å². The summed E-state index contributed by atoms with van der Waals surface area (Å²) in [4.78, 5) is 9.94. The van der Waals surface area contributed by atoms with E-state index in [0.717, 1.165) is 6.42 Å². The molecule has 0 aliphatic heterocycles. The molecule has 3 N–H and O–H groups in total. The maximum absolute atomic E-state index is 9.94. The van der Waals surface area contributed by atoms with Gasteiger partial charge in [-0.3, -0.25) is 4.79 Å².